The van der Waals surface area contributed by atoms with Crippen LogP contribution >= 0.6 is 47.2 Å². The summed E-state index contributed by atoms with van der Waals surface area (Å²) in [5.74, 6) is 1.78. The summed E-state index contributed by atoms with van der Waals surface area (Å²) in [6, 6.07) is 9.70. The maximum absolute atomic E-state index is 6.24. The lowest BCUT2D eigenvalue weighted by atomic mass is 10.1. The van der Waals surface area contributed by atoms with E-state index in [2.05, 4.69) is 31.6 Å². The number of rotatable bonds is 7. The van der Waals surface area contributed by atoms with Crippen molar-refractivity contribution in [2.75, 3.05) is 44.8 Å². The number of nitrogens with one attached hydrogen (secondary N) is 2. The second kappa shape index (κ2) is 13.2. The summed E-state index contributed by atoms with van der Waals surface area (Å²) in [6.45, 7) is 4.66. The summed E-state index contributed by atoms with van der Waals surface area (Å²) in [5, 5.41) is 8.11. The maximum atomic E-state index is 6.24. The van der Waals surface area contributed by atoms with Crippen LogP contribution in [0.4, 0.5) is 5.82 Å². The Bertz CT molecular complexity index is 831. The molecule has 0 radical (unpaired) electrons. The zero-order valence-electron chi connectivity index (χ0n) is 17.0. The summed E-state index contributed by atoms with van der Waals surface area (Å²) < 4.78 is 5.45. The van der Waals surface area contributed by atoms with Crippen molar-refractivity contribution in [2.45, 2.75) is 19.4 Å². The van der Waals surface area contributed by atoms with Crippen LogP contribution in [0.25, 0.3) is 0 Å². The molecule has 0 spiro atoms. The lowest BCUT2D eigenvalue weighted by Crippen LogP contribution is -2.39. The molecule has 0 unspecified atom stereocenters. The first-order valence-electron chi connectivity index (χ1n) is 9.82. The average molecular weight is 564 g/mol. The number of anilines is 1. The van der Waals surface area contributed by atoms with Crippen LogP contribution in [0.3, 0.4) is 0 Å². The number of hydrogen-bond acceptors (Lipinski definition) is 4. The van der Waals surface area contributed by atoms with Gasteiger partial charge < -0.3 is 20.3 Å². The Morgan fingerprint density at radius 1 is 1.17 bits per heavy atom. The third-order valence-electron chi connectivity index (χ3n) is 4.78. The van der Waals surface area contributed by atoms with Crippen molar-refractivity contribution in [3.63, 3.8) is 0 Å². The summed E-state index contributed by atoms with van der Waals surface area (Å²) >= 11 is 12.2. The number of aliphatic imine (C=N–C) groups is 1. The van der Waals surface area contributed by atoms with Crippen LogP contribution in [0.15, 0.2) is 41.5 Å². The highest BCUT2D eigenvalue weighted by Crippen LogP contribution is 2.22. The Kier molecular flexibility index (Phi) is 11.0. The number of guanidine groups is 1. The van der Waals surface area contributed by atoms with Crippen molar-refractivity contribution in [3.8, 4) is 0 Å². The van der Waals surface area contributed by atoms with Gasteiger partial charge in [0, 0.05) is 55.0 Å². The largest absolute Gasteiger partial charge is 0.378 e. The van der Waals surface area contributed by atoms with Crippen LogP contribution in [0, 0.1) is 0 Å². The summed E-state index contributed by atoms with van der Waals surface area (Å²) in [6.07, 6.45) is 3.65. The number of ether oxygens (including phenoxy) is 1. The Morgan fingerprint density at radius 2 is 1.97 bits per heavy atom. The van der Waals surface area contributed by atoms with Gasteiger partial charge in [-0.1, -0.05) is 35.3 Å². The molecule has 0 saturated carbocycles. The van der Waals surface area contributed by atoms with E-state index in [4.69, 9.17) is 27.9 Å². The van der Waals surface area contributed by atoms with Crippen molar-refractivity contribution >= 4 is 59.0 Å². The summed E-state index contributed by atoms with van der Waals surface area (Å²) in [5.41, 5.74) is 2.25. The summed E-state index contributed by atoms with van der Waals surface area (Å²) in [7, 11) is 1.78. The number of benzene rings is 1. The zero-order chi connectivity index (χ0) is 20.5. The Morgan fingerprint density at radius 3 is 2.70 bits per heavy atom. The van der Waals surface area contributed by atoms with E-state index < -0.39 is 0 Å². The average Bonchev–Trinajstić information content (AvgIpc) is 2.75. The number of aromatic nitrogens is 1. The highest BCUT2D eigenvalue weighted by Gasteiger charge is 2.15. The molecule has 1 aromatic carbocycles. The predicted molar refractivity (Wildman–Crippen MR) is 136 cm³/mol. The number of pyridine rings is 1. The van der Waals surface area contributed by atoms with Crippen molar-refractivity contribution in [1.82, 2.24) is 15.6 Å². The molecule has 1 aliphatic rings. The van der Waals surface area contributed by atoms with Gasteiger partial charge in [0.15, 0.2) is 5.96 Å². The van der Waals surface area contributed by atoms with E-state index in [-0.39, 0.29) is 24.0 Å². The molecule has 0 atom stereocenters. The van der Waals surface area contributed by atoms with E-state index in [1.165, 1.54) is 0 Å². The van der Waals surface area contributed by atoms with E-state index in [1.807, 2.05) is 24.4 Å². The third-order valence-corrected chi connectivity index (χ3v) is 5.37. The number of hydrogen-bond donors (Lipinski definition) is 2. The number of halogens is 3. The van der Waals surface area contributed by atoms with Gasteiger partial charge in [-0.25, -0.2) is 4.98 Å². The number of nitrogens with zero attached hydrogens (tertiary/aromatic N) is 3. The normalized spacial score (nSPS) is 14.2. The monoisotopic (exact) mass is 563 g/mol. The molecule has 0 bridgehead atoms. The van der Waals surface area contributed by atoms with Gasteiger partial charge in [-0.2, -0.15) is 0 Å². The third kappa shape index (κ3) is 7.44. The van der Waals surface area contributed by atoms with Crippen LogP contribution in [-0.2, 0) is 17.7 Å². The van der Waals surface area contributed by atoms with Crippen molar-refractivity contribution in [1.29, 1.82) is 0 Å². The lowest BCUT2D eigenvalue weighted by molar-refractivity contribution is 0.122. The maximum Gasteiger partial charge on any atom is 0.191 e. The van der Waals surface area contributed by atoms with Crippen molar-refractivity contribution in [2.24, 2.45) is 4.99 Å². The van der Waals surface area contributed by atoms with Crippen LogP contribution < -0.4 is 15.5 Å². The molecule has 0 amide bonds. The van der Waals surface area contributed by atoms with Crippen molar-refractivity contribution < 1.29 is 4.74 Å². The van der Waals surface area contributed by atoms with Gasteiger partial charge in [0.05, 0.1) is 13.2 Å². The molecule has 1 saturated heterocycles. The van der Waals surface area contributed by atoms with Gasteiger partial charge in [-0.3, -0.25) is 4.99 Å². The molecule has 1 aliphatic heterocycles. The minimum Gasteiger partial charge on any atom is -0.378 e. The standard InChI is InChI=1S/C21H27Cl2N5O.HI/c1-24-21(26-9-2-4-16-6-7-18(22)14-19(16)23)27-15-17-5-3-8-25-20(17)28-10-12-29-13-11-28;/h3,5-8,14H,2,4,9-13,15H2,1H3,(H2,24,26,27);1H. The fourth-order valence-corrected chi connectivity index (χ4v) is 3.74. The van der Waals surface area contributed by atoms with Gasteiger partial charge in [0.25, 0.3) is 0 Å². The van der Waals surface area contributed by atoms with Crippen LogP contribution in [0.2, 0.25) is 10.0 Å². The molecule has 2 aromatic rings. The molecule has 3 rings (SSSR count). The first-order chi connectivity index (χ1) is 14.2. The molecule has 0 aliphatic carbocycles. The second-order valence-electron chi connectivity index (χ2n) is 6.78. The molecule has 1 aromatic heterocycles. The van der Waals surface area contributed by atoms with E-state index in [0.29, 0.717) is 16.6 Å². The fourth-order valence-electron chi connectivity index (χ4n) is 3.24. The van der Waals surface area contributed by atoms with Crippen LogP contribution in [0.1, 0.15) is 17.5 Å². The highest BCUT2D eigenvalue weighted by atomic mass is 127. The second-order valence-corrected chi connectivity index (χ2v) is 7.62. The number of morpholine rings is 1. The minimum atomic E-state index is 0. The molecule has 30 heavy (non-hydrogen) atoms. The molecule has 2 heterocycles. The molecule has 2 N–H and O–H groups in total. The van der Waals surface area contributed by atoms with E-state index in [0.717, 1.165) is 68.6 Å². The topological polar surface area (TPSA) is 61.8 Å². The number of aryl methyl sites for hydroxylation is 1. The molecule has 6 nitrogen and oxygen atoms in total. The smallest absolute Gasteiger partial charge is 0.191 e. The highest BCUT2D eigenvalue weighted by molar-refractivity contribution is 14.0. The molecular formula is C21H28Cl2IN5O. The predicted octanol–water partition coefficient (Wildman–Crippen LogP) is 4.14. The molecule has 164 valence electrons. The van der Waals surface area contributed by atoms with Gasteiger partial charge in [-0.15, -0.1) is 24.0 Å². The van der Waals surface area contributed by atoms with E-state index in [9.17, 15) is 0 Å². The van der Waals surface area contributed by atoms with Gasteiger partial charge in [-0.05, 0) is 36.6 Å². The fraction of sp³-hybridized carbons (Fsp3) is 0.429. The quantitative estimate of drug-likeness (QED) is 0.229. The zero-order valence-corrected chi connectivity index (χ0v) is 20.9. The van der Waals surface area contributed by atoms with Gasteiger partial charge in [0.1, 0.15) is 5.82 Å². The van der Waals surface area contributed by atoms with Crippen LogP contribution in [0.5, 0.6) is 0 Å². The van der Waals surface area contributed by atoms with E-state index >= 15 is 0 Å². The van der Waals surface area contributed by atoms with Gasteiger partial charge in [0.2, 0.25) is 0 Å². The Balaban J connectivity index is 0.00000320. The van der Waals surface area contributed by atoms with Gasteiger partial charge >= 0.3 is 0 Å². The van der Waals surface area contributed by atoms with Crippen molar-refractivity contribution in [3.05, 3.63) is 57.7 Å². The van der Waals surface area contributed by atoms with E-state index in [1.54, 1.807) is 13.1 Å². The lowest BCUT2D eigenvalue weighted by Gasteiger charge is -2.29. The Hall–Kier alpha value is -1.29. The Labute approximate surface area is 205 Å². The first-order valence-corrected chi connectivity index (χ1v) is 10.6. The molecule has 9 heteroatoms. The SMILES string of the molecule is CN=C(NCCCc1ccc(Cl)cc1Cl)NCc1cccnc1N1CCOCC1.I. The minimum absolute atomic E-state index is 0. The van der Waals surface area contributed by atoms with Crippen LogP contribution in [-0.4, -0.2) is 50.8 Å². The molecule has 1 fully saturated rings. The summed E-state index contributed by atoms with van der Waals surface area (Å²) in [4.78, 5) is 11.2. The molecular weight excluding hydrogens is 536 g/mol. The first kappa shape index (κ1) is 25.0.